The number of benzene rings is 5. The molecule has 0 atom stereocenters. The maximum Gasteiger partial charge on any atom is 0.164 e. The minimum absolute atomic E-state index is 0.0733. The van der Waals surface area contributed by atoms with E-state index in [-0.39, 0.29) is 51.8 Å². The van der Waals surface area contributed by atoms with Crippen molar-refractivity contribution in [2.75, 3.05) is 0 Å². The topological polar surface area (TPSA) is 38.7 Å². The van der Waals surface area contributed by atoms with Crippen molar-refractivity contribution in [2.24, 2.45) is 0 Å². The monoisotopic (exact) mass is 541 g/mol. The van der Waals surface area contributed by atoms with Gasteiger partial charge in [-0.2, -0.15) is 0 Å². The van der Waals surface area contributed by atoms with E-state index in [4.69, 9.17) is 8.22 Å². The van der Waals surface area contributed by atoms with Crippen molar-refractivity contribution in [2.45, 2.75) is 19.6 Å². The van der Waals surface area contributed by atoms with Crippen molar-refractivity contribution >= 4 is 13.3 Å². The van der Waals surface area contributed by atoms with Crippen LogP contribution in [0.3, 0.4) is 0 Å². The van der Waals surface area contributed by atoms with Gasteiger partial charge in [0.2, 0.25) is 0 Å². The highest BCUT2D eigenvalue weighted by Crippen LogP contribution is 2.30. The summed E-state index contributed by atoms with van der Waals surface area (Å²) in [6.07, 6.45) is 0. The van der Waals surface area contributed by atoms with E-state index >= 15 is 0 Å². The number of nitrogens with zero attached hydrogens (tertiary/aromatic N) is 3. The summed E-state index contributed by atoms with van der Waals surface area (Å²) < 4.78 is 71.3. The molecule has 0 bridgehead atoms. The minimum Gasteiger partial charge on any atom is -0.208 e. The summed E-state index contributed by atoms with van der Waals surface area (Å²) in [6.45, 7) is 6.62. The van der Waals surface area contributed by atoms with Crippen LogP contribution in [0.5, 0.6) is 0 Å². The molecule has 0 saturated carbocycles. The Morgan fingerprint density at radius 1 is 0.450 bits per heavy atom. The first-order valence-electron chi connectivity index (χ1n) is 17.0. The van der Waals surface area contributed by atoms with Gasteiger partial charge < -0.3 is 0 Å². The van der Waals surface area contributed by atoms with Crippen molar-refractivity contribution in [3.8, 4) is 56.4 Å². The van der Waals surface area contributed by atoms with Gasteiger partial charge in [-0.25, -0.2) is 15.0 Å². The Bertz CT molecular complexity index is 2130. The molecule has 6 rings (SSSR count). The molecule has 0 saturated heterocycles. The molecule has 5 aromatic carbocycles. The van der Waals surface area contributed by atoms with Crippen LogP contribution in [0.2, 0.25) is 19.6 Å². The molecule has 0 unspecified atom stereocenters. The van der Waals surface area contributed by atoms with Gasteiger partial charge in [0, 0.05) is 16.7 Å². The predicted octanol–water partition coefficient (Wildman–Crippen LogP) is 8.75. The Kier molecular flexibility index (Phi) is 4.83. The Hall–Kier alpha value is -4.67. The zero-order chi connectivity index (χ0) is 34.5. The van der Waals surface area contributed by atoms with Crippen LogP contribution < -0.4 is 5.19 Å². The van der Waals surface area contributed by atoms with Gasteiger partial charge in [0.25, 0.3) is 0 Å². The average molecular weight is 542 g/mol. The highest BCUT2D eigenvalue weighted by molar-refractivity contribution is 6.88. The lowest BCUT2D eigenvalue weighted by Crippen LogP contribution is -2.37. The first-order valence-corrected chi connectivity index (χ1v) is 16.5. The second-order valence-electron chi connectivity index (χ2n) is 10.4. The number of hydrogen-bond donors (Lipinski definition) is 0. The molecule has 0 amide bonds. The van der Waals surface area contributed by atoms with Gasteiger partial charge in [-0.05, 0) is 34.3 Å². The Morgan fingerprint density at radius 3 is 1.32 bits per heavy atom. The maximum atomic E-state index is 9.35. The number of hydrogen-bond acceptors (Lipinski definition) is 3. The molecule has 6 aromatic rings. The van der Waals surface area contributed by atoms with Crippen LogP contribution in [0, 0.1) is 0 Å². The third kappa shape index (κ3) is 5.53. The molecule has 0 aliphatic heterocycles. The van der Waals surface area contributed by atoms with Crippen LogP contribution in [0.25, 0.3) is 56.4 Å². The molecular weight excluding hydrogens is 503 g/mol. The molecule has 0 spiro atoms. The molecule has 1 heterocycles. The lowest BCUT2D eigenvalue weighted by atomic mass is 9.98. The molecule has 4 heteroatoms. The van der Waals surface area contributed by atoms with E-state index in [0.29, 0.717) is 16.7 Å². The van der Waals surface area contributed by atoms with E-state index in [0.717, 1.165) is 0 Å². The number of rotatable bonds is 6. The minimum atomic E-state index is -1.65. The molecular formula is C36H31N3Si. The molecule has 0 fully saturated rings. The van der Waals surface area contributed by atoms with Gasteiger partial charge in [-0.1, -0.05) is 146 Å². The molecule has 0 aliphatic carbocycles. The third-order valence-electron chi connectivity index (χ3n) is 6.46. The molecule has 1 aromatic heterocycles. The van der Waals surface area contributed by atoms with E-state index in [1.165, 1.54) is 5.19 Å². The van der Waals surface area contributed by atoms with Crippen LogP contribution in [-0.2, 0) is 0 Å². The third-order valence-corrected chi connectivity index (χ3v) is 8.53. The highest BCUT2D eigenvalue weighted by atomic mass is 28.3. The van der Waals surface area contributed by atoms with E-state index in [2.05, 4.69) is 34.6 Å². The Labute approximate surface area is 248 Å². The lowest BCUT2D eigenvalue weighted by molar-refractivity contribution is 1.07. The predicted molar refractivity (Wildman–Crippen MR) is 170 cm³/mol. The second kappa shape index (κ2) is 10.8. The van der Waals surface area contributed by atoms with Gasteiger partial charge in [0.05, 0.1) is 19.0 Å². The number of aromatic nitrogens is 3. The average Bonchev–Trinajstić information content (AvgIpc) is 3.08. The van der Waals surface area contributed by atoms with Gasteiger partial charge in [0.1, 0.15) is 0 Å². The summed E-state index contributed by atoms with van der Waals surface area (Å²) in [5.74, 6) is 0.482. The van der Waals surface area contributed by atoms with Crippen LogP contribution in [-0.4, -0.2) is 23.0 Å². The fourth-order valence-electron chi connectivity index (χ4n) is 4.25. The molecule has 0 N–H and O–H groups in total. The summed E-state index contributed by atoms with van der Waals surface area (Å²) in [7, 11) is -1.65. The first kappa shape index (κ1) is 17.8. The zero-order valence-corrected chi connectivity index (χ0v) is 23.4. The second-order valence-corrected chi connectivity index (χ2v) is 15.4. The normalized spacial score (nSPS) is 14.2. The maximum absolute atomic E-state index is 9.35. The van der Waals surface area contributed by atoms with Crippen molar-refractivity contribution in [3.63, 3.8) is 0 Å². The van der Waals surface area contributed by atoms with Gasteiger partial charge in [0.15, 0.2) is 17.5 Å². The van der Waals surface area contributed by atoms with Crippen molar-refractivity contribution in [3.05, 3.63) is 133 Å². The molecule has 194 valence electrons. The molecule has 0 aliphatic rings. The quantitative estimate of drug-likeness (QED) is 0.198. The Morgan fingerprint density at radius 2 is 0.850 bits per heavy atom. The summed E-state index contributed by atoms with van der Waals surface area (Å²) in [5.41, 5.74) is 1.26. The smallest absolute Gasteiger partial charge is 0.164 e. The summed E-state index contributed by atoms with van der Waals surface area (Å²) in [6, 6.07) is 22.3. The zero-order valence-electron chi connectivity index (χ0n) is 30.4. The fourth-order valence-corrected chi connectivity index (χ4v) is 5.42. The van der Waals surface area contributed by atoms with Crippen LogP contribution in [0.4, 0.5) is 0 Å². The van der Waals surface area contributed by atoms with Crippen LogP contribution in [0.1, 0.15) is 11.0 Å². The van der Waals surface area contributed by atoms with E-state index in [9.17, 15) is 2.74 Å². The lowest BCUT2D eigenvalue weighted by Gasteiger charge is -2.17. The van der Waals surface area contributed by atoms with Gasteiger partial charge in [-0.15, -0.1) is 0 Å². The van der Waals surface area contributed by atoms with Crippen LogP contribution >= 0.6 is 0 Å². The van der Waals surface area contributed by atoms with Crippen molar-refractivity contribution < 1.29 is 11.0 Å². The van der Waals surface area contributed by atoms with E-state index in [1.54, 1.807) is 12.1 Å². The fraction of sp³-hybridized carbons (Fsp3) is 0.0833. The van der Waals surface area contributed by atoms with Crippen molar-refractivity contribution in [1.82, 2.24) is 15.0 Å². The highest BCUT2D eigenvalue weighted by Gasteiger charge is 2.16. The first-order chi connectivity index (χ1) is 22.8. The van der Waals surface area contributed by atoms with E-state index in [1.807, 2.05) is 72.8 Å². The standard InChI is InChI=1S/C36H31N3Si/c1-40(2,3)33-22-20-26(21-23-33)29-16-10-17-30(24-29)31-18-11-19-32(25-31)36-38-34(27-12-6-4-7-13-27)37-35(39-36)28-14-8-5-9-15-28/h4-25H,1-3H3/i10D,11D,16D,17D,18D,19D,24D,25D. The summed E-state index contributed by atoms with van der Waals surface area (Å²) in [4.78, 5) is 13.9. The van der Waals surface area contributed by atoms with Crippen molar-refractivity contribution in [1.29, 1.82) is 0 Å². The molecule has 0 radical (unpaired) electrons. The molecule has 40 heavy (non-hydrogen) atoms. The Balaban J connectivity index is 1.64. The van der Waals surface area contributed by atoms with Gasteiger partial charge >= 0.3 is 0 Å². The summed E-state index contributed by atoms with van der Waals surface area (Å²) in [5, 5.41) is 1.17. The van der Waals surface area contributed by atoms with Gasteiger partial charge in [-0.3, -0.25) is 0 Å². The SMILES string of the molecule is [2H]c1c([2H])c(-c2ccc([Si](C)(C)C)cc2)c([2H])c(-c2c([2H])c([2H])c([2H])c(-c3nc(-c4ccccc4)nc(-c4ccccc4)n3)c2[2H])c1[2H]. The molecule has 3 nitrogen and oxygen atoms in total. The summed E-state index contributed by atoms with van der Waals surface area (Å²) >= 11 is 0. The largest absolute Gasteiger partial charge is 0.208 e. The van der Waals surface area contributed by atoms with E-state index < -0.39 is 44.3 Å². The van der Waals surface area contributed by atoms with Crippen LogP contribution in [0.15, 0.2) is 133 Å².